The number of ether oxygens (including phenoxy) is 2. The molecule has 6 rings (SSSR count). The number of anilines is 1. The Hall–Kier alpha value is -4.03. The summed E-state index contributed by atoms with van der Waals surface area (Å²) in [6.07, 6.45) is 7.84. The Morgan fingerprint density at radius 3 is 2.71 bits per heavy atom. The first-order chi connectivity index (χ1) is 20.0. The van der Waals surface area contributed by atoms with Crippen LogP contribution >= 0.6 is 0 Å². The van der Waals surface area contributed by atoms with Crippen LogP contribution in [-0.2, 0) is 14.3 Å². The van der Waals surface area contributed by atoms with Crippen molar-refractivity contribution in [2.45, 2.75) is 32.5 Å². The van der Waals surface area contributed by atoms with E-state index in [1.54, 1.807) is 24.4 Å². The number of benzene rings is 1. The maximum absolute atomic E-state index is 13.7. The quantitative estimate of drug-likeness (QED) is 0.242. The second-order valence-corrected chi connectivity index (χ2v) is 11.0. The molecule has 41 heavy (non-hydrogen) atoms. The normalized spacial score (nSPS) is 22.0. The van der Waals surface area contributed by atoms with Crippen LogP contribution in [0.3, 0.4) is 0 Å². The monoisotopic (exact) mass is 561 g/mol. The fourth-order valence-corrected chi connectivity index (χ4v) is 4.73. The Bertz CT molecular complexity index is 1440. The Kier molecular flexibility index (Phi) is 7.84. The smallest absolute Gasteiger partial charge is 0.281 e. The van der Waals surface area contributed by atoms with Gasteiger partial charge in [0.2, 0.25) is 18.1 Å². The van der Waals surface area contributed by atoms with Crippen LogP contribution in [0.4, 0.5) is 10.3 Å². The predicted molar refractivity (Wildman–Crippen MR) is 151 cm³/mol. The van der Waals surface area contributed by atoms with E-state index in [4.69, 9.17) is 19.4 Å². The van der Waals surface area contributed by atoms with E-state index in [0.717, 1.165) is 19.5 Å². The molecule has 2 aromatic heterocycles. The molecule has 11 nitrogen and oxygen atoms in total. The lowest BCUT2D eigenvalue weighted by molar-refractivity contribution is -0.504. The van der Waals surface area contributed by atoms with Gasteiger partial charge < -0.3 is 25.1 Å². The molecular formula is C29H34FN8O3+. The van der Waals surface area contributed by atoms with Crippen molar-refractivity contribution >= 4 is 24.4 Å². The summed E-state index contributed by atoms with van der Waals surface area (Å²) in [5.41, 5.74) is 1.75. The van der Waals surface area contributed by atoms with Gasteiger partial charge in [-0.05, 0) is 56.0 Å². The highest BCUT2D eigenvalue weighted by Gasteiger charge is 2.41. The van der Waals surface area contributed by atoms with Crippen molar-refractivity contribution in [2.24, 2.45) is 16.3 Å². The number of aromatic nitrogens is 4. The first-order valence-corrected chi connectivity index (χ1v) is 14.0. The zero-order valence-electron chi connectivity index (χ0n) is 23.0. The summed E-state index contributed by atoms with van der Waals surface area (Å²) in [5.74, 6) is 1.12. The molecular weight excluding hydrogens is 527 g/mol. The second kappa shape index (κ2) is 11.8. The van der Waals surface area contributed by atoms with Gasteiger partial charge in [-0.3, -0.25) is 9.37 Å². The van der Waals surface area contributed by atoms with E-state index in [-0.39, 0.29) is 24.9 Å². The van der Waals surface area contributed by atoms with Gasteiger partial charge in [0.25, 0.3) is 6.34 Å². The van der Waals surface area contributed by atoms with Crippen molar-refractivity contribution in [3.05, 3.63) is 48.2 Å². The summed E-state index contributed by atoms with van der Waals surface area (Å²) in [6, 6.07) is 7.91. The lowest BCUT2D eigenvalue weighted by Gasteiger charge is -2.35. The third-order valence-electron chi connectivity index (χ3n) is 7.43. The topological polar surface area (TPSA) is 129 Å². The Labute approximate surface area is 237 Å². The Morgan fingerprint density at radius 2 is 1.98 bits per heavy atom. The standard InChI is InChI=1S/C29H33FN8O3/c1-29(27(39)34-15-19-3-4-19)16-40-26(41-17-29)25-36-23(20-5-7-21(30)8-6-20)24(37-25)22-9-11-33-28(35-22)32-10-2-13-38-14-12-31-18-38/h5-9,11-12,18-19,26H,2-4,10,13-17H2,1H3,(H2-,32,33,34,35,36,37,39)/p+1. The fraction of sp³-hybridized carbons (Fsp3) is 0.448. The number of imidazole rings is 1. The number of amides is 1. The second-order valence-electron chi connectivity index (χ2n) is 11.0. The van der Waals surface area contributed by atoms with Crippen LogP contribution in [-0.4, -0.2) is 82.4 Å². The van der Waals surface area contributed by atoms with Gasteiger partial charge in [0.1, 0.15) is 12.4 Å². The minimum atomic E-state index is -0.793. The SMILES string of the molecule is CC1(C(=O)NCC2CC2)COC(c2nc(-c3ccc(F)cc3)c(-c3ccnc(NCCC[N+]4=CN=CC4)n3)[nH]2)OC1. The summed E-state index contributed by atoms with van der Waals surface area (Å²) >= 11 is 0. The maximum Gasteiger partial charge on any atom is 0.281 e. The largest absolute Gasteiger partial charge is 0.355 e. The predicted octanol–water partition coefficient (Wildman–Crippen LogP) is 3.18. The Morgan fingerprint density at radius 1 is 1.17 bits per heavy atom. The van der Waals surface area contributed by atoms with Gasteiger partial charge in [-0.2, -0.15) is 0 Å². The van der Waals surface area contributed by atoms with Gasteiger partial charge in [0.05, 0.1) is 42.3 Å². The summed E-state index contributed by atoms with van der Waals surface area (Å²) in [7, 11) is 0. The number of nitrogens with one attached hydrogen (secondary N) is 3. The van der Waals surface area contributed by atoms with Crippen LogP contribution in [0.2, 0.25) is 0 Å². The summed E-state index contributed by atoms with van der Waals surface area (Å²) in [5, 5.41) is 6.31. The van der Waals surface area contributed by atoms with E-state index >= 15 is 0 Å². The van der Waals surface area contributed by atoms with Gasteiger partial charge in [0.15, 0.2) is 12.0 Å². The fourth-order valence-electron chi connectivity index (χ4n) is 4.73. The first kappa shape index (κ1) is 27.2. The molecule has 3 aromatic rings. The van der Waals surface area contributed by atoms with Crippen molar-refractivity contribution < 1.29 is 23.2 Å². The molecule has 0 unspecified atom stereocenters. The molecule has 1 aliphatic carbocycles. The van der Waals surface area contributed by atoms with Gasteiger partial charge in [-0.1, -0.05) is 4.99 Å². The van der Waals surface area contributed by atoms with E-state index in [0.29, 0.717) is 53.4 Å². The molecule has 0 spiro atoms. The average Bonchev–Trinajstić information content (AvgIpc) is 3.47. The van der Waals surface area contributed by atoms with Gasteiger partial charge >= 0.3 is 0 Å². The highest BCUT2D eigenvalue weighted by Crippen LogP contribution is 2.36. The molecule has 4 heterocycles. The van der Waals surface area contributed by atoms with Crippen LogP contribution in [0.1, 0.15) is 38.3 Å². The lowest BCUT2D eigenvalue weighted by Crippen LogP contribution is -2.49. The average molecular weight is 562 g/mol. The highest BCUT2D eigenvalue weighted by molar-refractivity contribution is 5.82. The van der Waals surface area contributed by atoms with Crippen molar-refractivity contribution in [1.82, 2.24) is 25.3 Å². The number of nitrogens with zero attached hydrogens (tertiary/aromatic N) is 5. The molecule has 1 saturated carbocycles. The number of H-pyrrole nitrogens is 1. The van der Waals surface area contributed by atoms with Crippen molar-refractivity contribution in [3.63, 3.8) is 0 Å². The molecule has 3 N–H and O–H groups in total. The minimum absolute atomic E-state index is 0.0668. The molecule has 2 fully saturated rings. The van der Waals surface area contributed by atoms with Gasteiger partial charge in [0, 0.05) is 31.3 Å². The van der Waals surface area contributed by atoms with Crippen LogP contribution in [0, 0.1) is 17.2 Å². The summed E-state index contributed by atoms with van der Waals surface area (Å²) in [6.45, 7) is 5.34. The van der Waals surface area contributed by atoms with Crippen molar-refractivity contribution in [2.75, 3.05) is 44.7 Å². The van der Waals surface area contributed by atoms with Crippen LogP contribution in [0.5, 0.6) is 0 Å². The van der Waals surface area contributed by atoms with E-state index < -0.39 is 11.7 Å². The molecule has 214 valence electrons. The maximum atomic E-state index is 13.7. The molecule has 1 aromatic carbocycles. The minimum Gasteiger partial charge on any atom is -0.355 e. The summed E-state index contributed by atoms with van der Waals surface area (Å²) in [4.78, 5) is 34.1. The third-order valence-corrected chi connectivity index (χ3v) is 7.43. The summed E-state index contributed by atoms with van der Waals surface area (Å²) < 4.78 is 27.9. The van der Waals surface area contributed by atoms with Crippen LogP contribution in [0.15, 0.2) is 41.5 Å². The first-order valence-electron chi connectivity index (χ1n) is 14.0. The van der Waals surface area contributed by atoms with Gasteiger partial charge in [-0.15, -0.1) is 0 Å². The van der Waals surface area contributed by atoms with Gasteiger partial charge in [-0.25, -0.2) is 19.3 Å². The van der Waals surface area contributed by atoms with Crippen LogP contribution in [0.25, 0.3) is 22.6 Å². The lowest BCUT2D eigenvalue weighted by atomic mass is 9.91. The molecule has 0 bridgehead atoms. The number of halogens is 1. The number of hydrogen-bond donors (Lipinski definition) is 3. The van der Waals surface area contributed by atoms with Crippen molar-refractivity contribution in [1.29, 1.82) is 0 Å². The van der Waals surface area contributed by atoms with Crippen LogP contribution < -0.4 is 10.6 Å². The molecule has 0 atom stereocenters. The number of aliphatic imine (C=N–C) groups is 1. The van der Waals surface area contributed by atoms with E-state index in [1.807, 2.05) is 19.5 Å². The van der Waals surface area contributed by atoms with E-state index in [9.17, 15) is 9.18 Å². The molecule has 2 aliphatic heterocycles. The number of rotatable bonds is 11. The number of carbonyl (C=O) groups excluding carboxylic acids is 1. The molecule has 0 radical (unpaired) electrons. The zero-order chi connectivity index (χ0) is 28.2. The number of hydrogen-bond acceptors (Lipinski definition) is 8. The zero-order valence-corrected chi connectivity index (χ0v) is 23.0. The third kappa shape index (κ3) is 6.49. The van der Waals surface area contributed by atoms with E-state index in [1.165, 1.54) is 25.0 Å². The molecule has 1 amide bonds. The number of carbonyl (C=O) groups is 1. The molecule has 1 saturated heterocycles. The number of aromatic amines is 1. The van der Waals surface area contributed by atoms with Crippen molar-refractivity contribution in [3.8, 4) is 22.6 Å². The van der Waals surface area contributed by atoms with E-state index in [2.05, 4.69) is 30.2 Å². The molecule has 12 heteroatoms. The highest BCUT2D eigenvalue weighted by atomic mass is 19.1. The molecule has 3 aliphatic rings. The Balaban J connectivity index is 1.18.